The first-order chi connectivity index (χ1) is 7.81. The fourth-order valence-corrected chi connectivity index (χ4v) is 1.58. The Kier molecular flexibility index (Phi) is 1.92. The van der Waals surface area contributed by atoms with Crippen LogP contribution in [0.15, 0.2) is 24.8 Å². The Hall–Kier alpha value is -2.24. The molecule has 80 valence electrons. The first-order valence-electron chi connectivity index (χ1n) is 4.96. The van der Waals surface area contributed by atoms with E-state index in [0.29, 0.717) is 6.54 Å². The molecule has 3 aromatic rings. The average Bonchev–Trinajstić information content (AvgIpc) is 2.86. The van der Waals surface area contributed by atoms with E-state index in [1.165, 1.54) is 6.33 Å². The molecule has 3 aromatic heterocycles. The monoisotopic (exact) mass is 214 g/mol. The lowest BCUT2D eigenvalue weighted by Gasteiger charge is -1.93. The molecule has 0 aromatic carbocycles. The van der Waals surface area contributed by atoms with Crippen molar-refractivity contribution in [1.82, 2.24) is 29.7 Å². The number of aromatic nitrogens is 6. The average molecular weight is 214 g/mol. The van der Waals surface area contributed by atoms with Crippen molar-refractivity contribution >= 4 is 11.2 Å². The number of hydrogen-bond acceptors (Lipinski definition) is 4. The predicted octanol–water partition coefficient (Wildman–Crippen LogP) is 0.906. The molecule has 0 bridgehead atoms. The van der Waals surface area contributed by atoms with Gasteiger partial charge in [-0.3, -0.25) is 0 Å². The number of rotatable bonds is 2. The normalized spacial score (nSPS) is 11.1. The molecular weight excluding hydrogens is 204 g/mol. The van der Waals surface area contributed by atoms with Crippen molar-refractivity contribution in [1.29, 1.82) is 0 Å². The molecular formula is C10H10N6. The topological polar surface area (TPSA) is 72.3 Å². The van der Waals surface area contributed by atoms with Gasteiger partial charge >= 0.3 is 0 Å². The molecule has 6 heteroatoms. The molecule has 0 aliphatic heterocycles. The van der Waals surface area contributed by atoms with Gasteiger partial charge in [0.2, 0.25) is 0 Å². The first kappa shape index (κ1) is 9.02. The second-order valence-electron chi connectivity index (χ2n) is 3.60. The molecule has 0 aliphatic carbocycles. The van der Waals surface area contributed by atoms with E-state index < -0.39 is 0 Å². The fraction of sp³-hybridized carbons (Fsp3) is 0.200. The highest BCUT2D eigenvalue weighted by molar-refractivity contribution is 5.70. The van der Waals surface area contributed by atoms with E-state index in [1.54, 1.807) is 11.0 Å². The van der Waals surface area contributed by atoms with Gasteiger partial charge in [-0.25, -0.2) is 19.6 Å². The number of fused-ring (bicyclic) bond motifs is 1. The lowest BCUT2D eigenvalue weighted by molar-refractivity contribution is 0.661. The molecule has 0 atom stereocenters. The fourth-order valence-electron chi connectivity index (χ4n) is 1.58. The minimum Gasteiger partial charge on any atom is -0.339 e. The van der Waals surface area contributed by atoms with Gasteiger partial charge in [0.05, 0.1) is 5.52 Å². The van der Waals surface area contributed by atoms with Crippen molar-refractivity contribution in [3.05, 3.63) is 36.3 Å². The zero-order valence-electron chi connectivity index (χ0n) is 8.75. The van der Waals surface area contributed by atoms with Crippen molar-refractivity contribution in [3.8, 4) is 0 Å². The smallest absolute Gasteiger partial charge is 0.178 e. The van der Waals surface area contributed by atoms with Crippen molar-refractivity contribution < 1.29 is 0 Å². The minimum absolute atomic E-state index is 0.579. The van der Waals surface area contributed by atoms with E-state index in [9.17, 15) is 0 Å². The number of hydrogen-bond donors (Lipinski definition) is 1. The summed E-state index contributed by atoms with van der Waals surface area (Å²) in [5, 5.41) is 4.02. The number of pyridine rings is 1. The predicted molar refractivity (Wildman–Crippen MR) is 57.7 cm³/mol. The molecule has 0 fully saturated rings. The molecule has 0 amide bonds. The molecule has 3 rings (SSSR count). The van der Waals surface area contributed by atoms with Gasteiger partial charge in [0, 0.05) is 5.69 Å². The quantitative estimate of drug-likeness (QED) is 0.688. The van der Waals surface area contributed by atoms with Crippen molar-refractivity contribution in [2.75, 3.05) is 0 Å². The van der Waals surface area contributed by atoms with Crippen LogP contribution in [0.5, 0.6) is 0 Å². The zero-order valence-corrected chi connectivity index (χ0v) is 8.75. The standard InChI is InChI=1S/C10H10N6/c1-7-2-3-8-10(13-7)15-9(14-8)4-16-6-11-5-12-16/h2-3,5-6H,4H2,1H3,(H,13,14,15). The lowest BCUT2D eigenvalue weighted by atomic mass is 10.4. The summed E-state index contributed by atoms with van der Waals surface area (Å²) in [6.45, 7) is 2.53. The maximum Gasteiger partial charge on any atom is 0.178 e. The number of aromatic amines is 1. The van der Waals surface area contributed by atoms with Crippen LogP contribution in [0.1, 0.15) is 11.5 Å². The summed E-state index contributed by atoms with van der Waals surface area (Å²) in [5.41, 5.74) is 2.65. The van der Waals surface area contributed by atoms with E-state index >= 15 is 0 Å². The van der Waals surface area contributed by atoms with Gasteiger partial charge in [-0.05, 0) is 19.1 Å². The van der Waals surface area contributed by atoms with E-state index in [-0.39, 0.29) is 0 Å². The van der Waals surface area contributed by atoms with Crippen LogP contribution in [-0.2, 0) is 6.54 Å². The summed E-state index contributed by atoms with van der Waals surface area (Å²) in [5.74, 6) is 0.832. The van der Waals surface area contributed by atoms with Crippen LogP contribution in [0.4, 0.5) is 0 Å². The minimum atomic E-state index is 0.579. The number of H-pyrrole nitrogens is 1. The molecule has 3 heterocycles. The molecule has 0 saturated carbocycles. The Balaban J connectivity index is 1.99. The third-order valence-corrected chi connectivity index (χ3v) is 2.31. The third kappa shape index (κ3) is 1.54. The Bertz CT molecular complexity index is 609. The number of nitrogens with zero attached hydrogens (tertiary/aromatic N) is 5. The zero-order chi connectivity index (χ0) is 11.0. The number of imidazole rings is 1. The van der Waals surface area contributed by atoms with E-state index in [4.69, 9.17) is 0 Å². The highest BCUT2D eigenvalue weighted by Crippen LogP contribution is 2.09. The van der Waals surface area contributed by atoms with Gasteiger partial charge in [-0.1, -0.05) is 0 Å². The van der Waals surface area contributed by atoms with Crippen LogP contribution in [0, 0.1) is 6.92 Å². The third-order valence-electron chi connectivity index (χ3n) is 2.31. The second-order valence-corrected chi connectivity index (χ2v) is 3.60. The number of aryl methyl sites for hydroxylation is 1. The number of nitrogens with one attached hydrogen (secondary N) is 1. The van der Waals surface area contributed by atoms with Crippen LogP contribution in [0.3, 0.4) is 0 Å². The van der Waals surface area contributed by atoms with Gasteiger partial charge in [0.25, 0.3) is 0 Å². The molecule has 16 heavy (non-hydrogen) atoms. The largest absolute Gasteiger partial charge is 0.339 e. The van der Waals surface area contributed by atoms with Crippen LogP contribution in [0.2, 0.25) is 0 Å². The summed E-state index contributed by atoms with van der Waals surface area (Å²) in [4.78, 5) is 15.8. The van der Waals surface area contributed by atoms with Gasteiger partial charge in [-0.2, -0.15) is 5.10 Å². The van der Waals surface area contributed by atoms with Gasteiger partial charge in [0.15, 0.2) is 5.65 Å². The molecule has 0 saturated heterocycles. The highest BCUT2D eigenvalue weighted by Gasteiger charge is 2.04. The molecule has 0 aliphatic rings. The van der Waals surface area contributed by atoms with E-state index in [1.807, 2.05) is 19.1 Å². The van der Waals surface area contributed by atoms with E-state index in [0.717, 1.165) is 22.7 Å². The SMILES string of the molecule is Cc1ccc2[nH]c(Cn3cncn3)nc2n1. The summed E-state index contributed by atoms with van der Waals surface area (Å²) >= 11 is 0. The Morgan fingerprint density at radius 1 is 1.31 bits per heavy atom. The van der Waals surface area contributed by atoms with Gasteiger partial charge < -0.3 is 4.98 Å². The summed E-state index contributed by atoms with van der Waals surface area (Å²) in [6.07, 6.45) is 3.16. The van der Waals surface area contributed by atoms with Crippen LogP contribution in [0.25, 0.3) is 11.2 Å². The summed E-state index contributed by atoms with van der Waals surface area (Å²) < 4.78 is 1.71. The van der Waals surface area contributed by atoms with E-state index in [2.05, 4.69) is 25.0 Å². The first-order valence-corrected chi connectivity index (χ1v) is 4.96. The van der Waals surface area contributed by atoms with Crippen LogP contribution < -0.4 is 0 Å². The van der Waals surface area contributed by atoms with Crippen molar-refractivity contribution in [3.63, 3.8) is 0 Å². The Labute approximate surface area is 91.4 Å². The molecule has 6 nitrogen and oxygen atoms in total. The maximum absolute atomic E-state index is 4.39. The van der Waals surface area contributed by atoms with Crippen LogP contribution in [-0.4, -0.2) is 29.7 Å². The van der Waals surface area contributed by atoms with Gasteiger partial charge in [0.1, 0.15) is 25.0 Å². The molecule has 1 N–H and O–H groups in total. The summed E-state index contributed by atoms with van der Waals surface area (Å²) in [6, 6.07) is 3.94. The van der Waals surface area contributed by atoms with Crippen molar-refractivity contribution in [2.24, 2.45) is 0 Å². The van der Waals surface area contributed by atoms with Gasteiger partial charge in [-0.15, -0.1) is 0 Å². The Morgan fingerprint density at radius 2 is 2.25 bits per heavy atom. The van der Waals surface area contributed by atoms with Crippen LogP contribution >= 0.6 is 0 Å². The molecule has 0 spiro atoms. The highest BCUT2D eigenvalue weighted by atomic mass is 15.3. The summed E-state index contributed by atoms with van der Waals surface area (Å²) in [7, 11) is 0. The lowest BCUT2D eigenvalue weighted by Crippen LogP contribution is -2.01. The molecule has 0 unspecified atom stereocenters. The Morgan fingerprint density at radius 3 is 3.06 bits per heavy atom. The van der Waals surface area contributed by atoms with Crippen molar-refractivity contribution in [2.45, 2.75) is 13.5 Å². The second kappa shape index (κ2) is 3.41. The molecule has 0 radical (unpaired) electrons. The maximum atomic E-state index is 4.39.